The summed E-state index contributed by atoms with van der Waals surface area (Å²) in [6, 6.07) is 0. The molecule has 0 spiro atoms. The molecule has 0 aromatic carbocycles. The summed E-state index contributed by atoms with van der Waals surface area (Å²) in [4.78, 5) is 0. The Bertz CT molecular complexity index is 39.2. The first kappa shape index (κ1) is 5.80. The van der Waals surface area contributed by atoms with E-state index in [0.717, 1.165) is 0 Å². The summed E-state index contributed by atoms with van der Waals surface area (Å²) in [5.41, 5.74) is 0. The molecule has 0 atom stereocenters. The van der Waals surface area contributed by atoms with Crippen molar-refractivity contribution in [2.75, 3.05) is 0 Å². The fourth-order valence-corrected chi connectivity index (χ4v) is 0.333. The Balaban J connectivity index is 2.66. The minimum absolute atomic E-state index is 1.23. The minimum Gasteiger partial charge on any atom is -0.0917 e. The normalized spacial score (nSPS) is 10.2. The number of rotatable bonds is 2. The Morgan fingerprint density at radius 1 is 1.67 bits per heavy atom. The zero-order valence-corrected chi connectivity index (χ0v) is 4.57. The highest BCUT2D eigenvalue weighted by Crippen LogP contribution is 1.83. The molecule has 0 aromatic rings. The summed E-state index contributed by atoms with van der Waals surface area (Å²) in [6.07, 6.45) is 6.77. The quantitative estimate of drug-likeness (QED) is 0.344. The van der Waals surface area contributed by atoms with E-state index in [1.807, 2.05) is 0 Å². The van der Waals surface area contributed by atoms with Gasteiger partial charge in [0, 0.05) is 0 Å². The van der Waals surface area contributed by atoms with Crippen LogP contribution >= 0.6 is 0 Å². The summed E-state index contributed by atoms with van der Waals surface area (Å²) >= 11 is 0. The van der Waals surface area contributed by atoms with E-state index in [2.05, 4.69) is 26.9 Å². The van der Waals surface area contributed by atoms with Crippen molar-refractivity contribution in [3.05, 3.63) is 12.2 Å². The topological polar surface area (TPSA) is 0 Å². The zero-order chi connectivity index (χ0) is 4.83. The van der Waals surface area contributed by atoms with Crippen LogP contribution in [0.3, 0.4) is 0 Å². The van der Waals surface area contributed by atoms with Gasteiger partial charge in [-0.15, -0.1) is 0 Å². The molecule has 0 aromatic heterocycles. The van der Waals surface area contributed by atoms with Gasteiger partial charge in [0.1, 0.15) is 7.85 Å². The van der Waals surface area contributed by atoms with Crippen molar-refractivity contribution >= 4 is 7.85 Å². The first-order valence-electron chi connectivity index (χ1n) is 2.53. The molecule has 6 heavy (non-hydrogen) atoms. The predicted molar refractivity (Wildman–Crippen MR) is 32.8 cm³/mol. The van der Waals surface area contributed by atoms with Crippen LogP contribution < -0.4 is 0 Å². The first-order valence-corrected chi connectivity index (χ1v) is 2.53. The molecule has 0 nitrogen and oxygen atoms in total. The van der Waals surface area contributed by atoms with Crippen LogP contribution in [-0.4, -0.2) is 7.85 Å². The Labute approximate surface area is 40.7 Å². The van der Waals surface area contributed by atoms with E-state index < -0.39 is 0 Å². The number of hydrogen-bond acceptors (Lipinski definition) is 0. The highest BCUT2D eigenvalue weighted by atomic mass is 13.7. The number of hydrogen-bond donors (Lipinski definition) is 0. The maximum absolute atomic E-state index is 2.18. The van der Waals surface area contributed by atoms with Gasteiger partial charge < -0.3 is 0 Å². The van der Waals surface area contributed by atoms with Crippen LogP contribution in [-0.2, 0) is 0 Å². The minimum atomic E-state index is 1.23. The van der Waals surface area contributed by atoms with Crippen LogP contribution in [0, 0.1) is 0 Å². The van der Waals surface area contributed by atoms with E-state index in [9.17, 15) is 0 Å². The fraction of sp³-hybridized carbons (Fsp3) is 0.600. The second-order valence-electron chi connectivity index (χ2n) is 1.36. The summed E-state index contributed by atoms with van der Waals surface area (Å²) in [5.74, 6) is 0. The van der Waals surface area contributed by atoms with E-state index in [4.69, 9.17) is 0 Å². The van der Waals surface area contributed by atoms with Crippen LogP contribution in [0.2, 0.25) is 6.32 Å². The molecule has 0 aliphatic rings. The monoisotopic (exact) mass is 82.1 g/mol. The van der Waals surface area contributed by atoms with Crippen molar-refractivity contribution in [3.63, 3.8) is 0 Å². The molecule has 34 valence electrons. The van der Waals surface area contributed by atoms with Crippen LogP contribution in [0.5, 0.6) is 0 Å². The molecule has 0 bridgehead atoms. The summed E-state index contributed by atoms with van der Waals surface area (Å²) in [7, 11) is 2.18. The van der Waals surface area contributed by atoms with Gasteiger partial charge in [0.2, 0.25) is 0 Å². The van der Waals surface area contributed by atoms with Gasteiger partial charge in [-0.3, -0.25) is 0 Å². The maximum Gasteiger partial charge on any atom is 0.101 e. The Hall–Kier alpha value is -0.195. The molecule has 0 N–H and O–H groups in total. The lowest BCUT2D eigenvalue weighted by atomic mass is 10.0. The third-order valence-electron chi connectivity index (χ3n) is 0.691. The summed E-state index contributed by atoms with van der Waals surface area (Å²) in [5, 5.41) is 0. The molecule has 0 radical (unpaired) electrons. The smallest absolute Gasteiger partial charge is 0.0917 e. The lowest BCUT2D eigenvalue weighted by molar-refractivity contribution is 1.21. The third kappa shape index (κ3) is 3.80. The van der Waals surface area contributed by atoms with E-state index >= 15 is 0 Å². The summed E-state index contributed by atoms with van der Waals surface area (Å²) < 4.78 is 0. The van der Waals surface area contributed by atoms with Crippen molar-refractivity contribution in [2.24, 2.45) is 0 Å². The maximum atomic E-state index is 2.18. The Kier molecular flexibility index (Phi) is 4.65. The van der Waals surface area contributed by atoms with Gasteiger partial charge in [-0.25, -0.2) is 0 Å². The Morgan fingerprint density at radius 3 is 2.50 bits per heavy atom. The summed E-state index contributed by atoms with van der Waals surface area (Å²) in [6.45, 7) is 2.05. The molecule has 0 aliphatic carbocycles. The highest BCUT2D eigenvalue weighted by molar-refractivity contribution is 6.08. The van der Waals surface area contributed by atoms with Crippen molar-refractivity contribution in [1.29, 1.82) is 0 Å². The molecule has 0 aliphatic heterocycles. The van der Waals surface area contributed by atoms with Crippen molar-refractivity contribution < 1.29 is 0 Å². The molecule has 0 unspecified atom stereocenters. The van der Waals surface area contributed by atoms with Crippen LogP contribution in [0.25, 0.3) is 0 Å². The van der Waals surface area contributed by atoms with Crippen molar-refractivity contribution in [1.82, 2.24) is 0 Å². The zero-order valence-electron chi connectivity index (χ0n) is 4.57. The van der Waals surface area contributed by atoms with Gasteiger partial charge >= 0.3 is 0 Å². The molecule has 0 amide bonds. The van der Waals surface area contributed by atoms with E-state index in [1.54, 1.807) is 0 Å². The molecule has 0 saturated carbocycles. The third-order valence-corrected chi connectivity index (χ3v) is 0.691. The molecule has 0 fully saturated rings. The van der Waals surface area contributed by atoms with Gasteiger partial charge in [0.25, 0.3) is 0 Å². The van der Waals surface area contributed by atoms with Crippen molar-refractivity contribution in [2.45, 2.75) is 19.7 Å². The first-order chi connectivity index (χ1) is 2.91. The average molecular weight is 82.0 g/mol. The number of allylic oxidation sites excluding steroid dienone is 2. The molecule has 0 rings (SSSR count). The second-order valence-corrected chi connectivity index (χ2v) is 1.36. The molecule has 1 heteroatoms. The average Bonchev–Trinajstić information content (AvgIpc) is 1.61. The second kappa shape index (κ2) is 4.80. The molecule has 0 saturated heterocycles. The highest BCUT2D eigenvalue weighted by Gasteiger charge is 1.65. The largest absolute Gasteiger partial charge is 0.101 e. The van der Waals surface area contributed by atoms with Gasteiger partial charge in [-0.2, -0.15) is 0 Å². The fourth-order valence-electron chi connectivity index (χ4n) is 0.333. The molecular weight excluding hydrogens is 70.9 g/mol. The van der Waals surface area contributed by atoms with Crippen LogP contribution in [0.4, 0.5) is 0 Å². The van der Waals surface area contributed by atoms with Crippen LogP contribution in [0.1, 0.15) is 13.3 Å². The van der Waals surface area contributed by atoms with Crippen molar-refractivity contribution in [3.8, 4) is 0 Å². The van der Waals surface area contributed by atoms with Gasteiger partial charge in [0.15, 0.2) is 0 Å². The standard InChI is InChI=1S/C5H11B/c1-2-3-4-5-6/h2-3H,4-6H2,1H3/b3-2+. The van der Waals surface area contributed by atoms with E-state index in [-0.39, 0.29) is 0 Å². The van der Waals surface area contributed by atoms with Crippen LogP contribution in [0.15, 0.2) is 12.2 Å². The predicted octanol–water partition coefficient (Wildman–Crippen LogP) is 1.00. The lowest BCUT2D eigenvalue weighted by Gasteiger charge is -1.75. The van der Waals surface area contributed by atoms with E-state index in [0.29, 0.717) is 0 Å². The van der Waals surface area contributed by atoms with Gasteiger partial charge in [-0.05, 0) is 13.3 Å². The molecular formula is C5H11B. The van der Waals surface area contributed by atoms with Gasteiger partial charge in [-0.1, -0.05) is 18.5 Å². The van der Waals surface area contributed by atoms with Gasteiger partial charge in [0.05, 0.1) is 0 Å². The SMILES string of the molecule is BCC/C=C/C. The molecule has 0 heterocycles. The van der Waals surface area contributed by atoms with E-state index in [1.165, 1.54) is 12.7 Å². The Morgan fingerprint density at radius 2 is 2.33 bits per heavy atom. The lowest BCUT2D eigenvalue weighted by Crippen LogP contribution is -1.60.